The first kappa shape index (κ1) is 18.9. The fourth-order valence-electron chi connectivity index (χ4n) is 2.88. The fourth-order valence-corrected chi connectivity index (χ4v) is 4.62. The second-order valence-corrected chi connectivity index (χ2v) is 8.51. The van der Waals surface area contributed by atoms with Crippen molar-refractivity contribution in [2.45, 2.75) is 30.8 Å². The summed E-state index contributed by atoms with van der Waals surface area (Å²) in [6.07, 6.45) is 2.72. The smallest absolute Gasteiger partial charge is 0.340 e. The Morgan fingerprint density at radius 2 is 1.73 bits per heavy atom. The number of carbonyl (C=O) groups is 1. The Kier molecular flexibility index (Phi) is 5.96. The number of esters is 1. The number of hydrogen-bond acceptors (Lipinski definition) is 4. The van der Waals surface area contributed by atoms with Crippen molar-refractivity contribution in [1.29, 1.82) is 0 Å². The third-order valence-corrected chi connectivity index (χ3v) is 6.55. The van der Waals surface area contributed by atoms with Crippen molar-refractivity contribution in [2.75, 3.05) is 13.1 Å². The summed E-state index contributed by atoms with van der Waals surface area (Å²) < 4.78 is 32.3. The van der Waals surface area contributed by atoms with Crippen molar-refractivity contribution in [3.8, 4) is 0 Å². The van der Waals surface area contributed by atoms with E-state index in [9.17, 15) is 13.2 Å². The van der Waals surface area contributed by atoms with E-state index in [4.69, 9.17) is 16.3 Å². The number of sulfonamides is 1. The van der Waals surface area contributed by atoms with E-state index in [-0.39, 0.29) is 22.1 Å². The molecule has 7 heteroatoms. The summed E-state index contributed by atoms with van der Waals surface area (Å²) in [5.74, 6) is -0.644. The maximum Gasteiger partial charge on any atom is 0.340 e. The number of halogens is 1. The molecule has 0 saturated carbocycles. The first-order chi connectivity index (χ1) is 12.5. The largest absolute Gasteiger partial charge is 0.457 e. The van der Waals surface area contributed by atoms with Crippen LogP contribution in [-0.4, -0.2) is 31.8 Å². The Hall–Kier alpha value is -1.89. The molecule has 26 heavy (non-hydrogen) atoms. The lowest BCUT2D eigenvalue weighted by Gasteiger charge is -2.26. The van der Waals surface area contributed by atoms with E-state index >= 15 is 0 Å². The molecule has 138 valence electrons. The molecule has 0 aromatic heterocycles. The molecule has 0 N–H and O–H groups in total. The molecule has 0 unspecified atom stereocenters. The minimum absolute atomic E-state index is 0.0562. The van der Waals surface area contributed by atoms with Gasteiger partial charge in [-0.3, -0.25) is 0 Å². The Morgan fingerprint density at radius 1 is 1.04 bits per heavy atom. The van der Waals surface area contributed by atoms with Gasteiger partial charge < -0.3 is 4.74 Å². The highest BCUT2D eigenvalue weighted by Gasteiger charge is 2.27. The second-order valence-electron chi connectivity index (χ2n) is 6.17. The van der Waals surface area contributed by atoms with Gasteiger partial charge >= 0.3 is 5.97 Å². The molecule has 2 aromatic rings. The van der Waals surface area contributed by atoms with Gasteiger partial charge in [-0.25, -0.2) is 13.2 Å². The van der Waals surface area contributed by atoms with E-state index in [1.807, 2.05) is 30.3 Å². The Bertz CT molecular complexity index is 878. The van der Waals surface area contributed by atoms with Crippen LogP contribution in [0.4, 0.5) is 0 Å². The number of ether oxygens (including phenoxy) is 1. The zero-order valence-corrected chi connectivity index (χ0v) is 15.8. The number of piperidine rings is 1. The molecule has 1 fully saturated rings. The molecule has 3 rings (SSSR count). The molecule has 2 aromatic carbocycles. The third-order valence-electron chi connectivity index (χ3n) is 4.32. The summed E-state index contributed by atoms with van der Waals surface area (Å²) in [7, 11) is -3.64. The first-order valence-electron chi connectivity index (χ1n) is 8.49. The summed E-state index contributed by atoms with van der Waals surface area (Å²) in [5.41, 5.74) is 0.898. The van der Waals surface area contributed by atoms with Crippen LogP contribution in [0.5, 0.6) is 0 Å². The highest BCUT2D eigenvalue weighted by atomic mass is 35.5. The van der Waals surface area contributed by atoms with E-state index in [0.29, 0.717) is 13.1 Å². The first-order valence-corrected chi connectivity index (χ1v) is 10.3. The zero-order valence-electron chi connectivity index (χ0n) is 14.2. The average molecular weight is 394 g/mol. The molecular formula is C19H20ClNO4S. The Labute approximate surface area is 158 Å². The highest BCUT2D eigenvalue weighted by Crippen LogP contribution is 2.25. The van der Waals surface area contributed by atoms with Crippen molar-refractivity contribution in [1.82, 2.24) is 4.31 Å². The van der Waals surface area contributed by atoms with Crippen LogP contribution in [0.2, 0.25) is 5.02 Å². The normalized spacial score (nSPS) is 15.6. The molecule has 1 aliphatic heterocycles. The highest BCUT2D eigenvalue weighted by molar-refractivity contribution is 7.89. The lowest BCUT2D eigenvalue weighted by Crippen LogP contribution is -2.35. The predicted octanol–water partition coefficient (Wildman–Crippen LogP) is 3.87. The molecule has 0 amide bonds. The molecule has 1 aliphatic rings. The van der Waals surface area contributed by atoms with Crippen LogP contribution in [0, 0.1) is 0 Å². The van der Waals surface area contributed by atoms with Crippen molar-refractivity contribution in [3.05, 3.63) is 64.7 Å². The van der Waals surface area contributed by atoms with Crippen LogP contribution in [0.3, 0.4) is 0 Å². The van der Waals surface area contributed by atoms with Crippen molar-refractivity contribution < 1.29 is 17.9 Å². The molecule has 0 spiro atoms. The number of nitrogens with zero attached hydrogens (tertiary/aromatic N) is 1. The van der Waals surface area contributed by atoms with Gasteiger partial charge in [0.25, 0.3) is 0 Å². The maximum absolute atomic E-state index is 12.8. The van der Waals surface area contributed by atoms with Crippen LogP contribution in [0.15, 0.2) is 53.4 Å². The molecule has 0 aliphatic carbocycles. The van der Waals surface area contributed by atoms with E-state index < -0.39 is 16.0 Å². The number of rotatable bonds is 5. The zero-order chi connectivity index (χ0) is 18.6. The van der Waals surface area contributed by atoms with Gasteiger partial charge in [0.05, 0.1) is 15.5 Å². The Balaban J connectivity index is 1.79. The lowest BCUT2D eigenvalue weighted by molar-refractivity contribution is 0.0472. The van der Waals surface area contributed by atoms with Crippen molar-refractivity contribution >= 4 is 27.6 Å². The van der Waals surface area contributed by atoms with Crippen LogP contribution in [-0.2, 0) is 21.4 Å². The molecule has 0 radical (unpaired) electrons. The van der Waals surface area contributed by atoms with E-state index in [0.717, 1.165) is 24.8 Å². The van der Waals surface area contributed by atoms with Gasteiger partial charge in [-0.15, -0.1) is 0 Å². The average Bonchev–Trinajstić information content (AvgIpc) is 2.68. The topological polar surface area (TPSA) is 63.7 Å². The van der Waals surface area contributed by atoms with Crippen molar-refractivity contribution in [3.63, 3.8) is 0 Å². The molecule has 1 saturated heterocycles. The fraction of sp³-hybridized carbons (Fsp3) is 0.316. The third kappa shape index (κ3) is 4.26. The number of benzene rings is 2. The molecule has 1 heterocycles. The summed E-state index contributed by atoms with van der Waals surface area (Å²) in [5, 5.41) is 0.167. The minimum atomic E-state index is -3.64. The SMILES string of the molecule is O=C(OCc1ccccc1)c1cc(S(=O)(=O)N2CCCCC2)ccc1Cl. The van der Waals surface area contributed by atoms with E-state index in [1.165, 1.54) is 22.5 Å². The molecule has 0 bridgehead atoms. The summed E-state index contributed by atoms with van der Waals surface area (Å²) >= 11 is 6.10. The second kappa shape index (κ2) is 8.20. The van der Waals surface area contributed by atoms with E-state index in [2.05, 4.69) is 0 Å². The van der Waals surface area contributed by atoms with Gasteiger partial charge in [0, 0.05) is 13.1 Å². The Morgan fingerprint density at radius 3 is 2.42 bits per heavy atom. The molecular weight excluding hydrogens is 374 g/mol. The summed E-state index contributed by atoms with van der Waals surface area (Å²) in [6, 6.07) is 13.4. The van der Waals surface area contributed by atoms with Gasteiger partial charge in [-0.05, 0) is 36.6 Å². The van der Waals surface area contributed by atoms with Gasteiger partial charge in [-0.2, -0.15) is 4.31 Å². The maximum atomic E-state index is 12.8. The van der Waals surface area contributed by atoms with Crippen molar-refractivity contribution in [2.24, 2.45) is 0 Å². The summed E-state index contributed by atoms with van der Waals surface area (Å²) in [4.78, 5) is 12.4. The number of carbonyl (C=O) groups excluding carboxylic acids is 1. The summed E-state index contributed by atoms with van der Waals surface area (Å²) in [6.45, 7) is 1.09. The standard InChI is InChI=1S/C19H20ClNO4S/c20-18-10-9-16(26(23,24)21-11-5-2-6-12-21)13-17(18)19(22)25-14-15-7-3-1-4-8-15/h1,3-4,7-10,13H,2,5-6,11-12,14H2. The van der Waals surface area contributed by atoms with Gasteiger partial charge in [0.2, 0.25) is 10.0 Å². The number of hydrogen-bond donors (Lipinski definition) is 0. The van der Waals surface area contributed by atoms with Crippen LogP contribution < -0.4 is 0 Å². The molecule has 0 atom stereocenters. The van der Waals surface area contributed by atoms with Crippen LogP contribution >= 0.6 is 11.6 Å². The van der Waals surface area contributed by atoms with Gasteiger partial charge in [0.15, 0.2) is 0 Å². The van der Waals surface area contributed by atoms with E-state index in [1.54, 1.807) is 0 Å². The van der Waals surface area contributed by atoms with Crippen LogP contribution in [0.25, 0.3) is 0 Å². The van der Waals surface area contributed by atoms with Gasteiger partial charge in [-0.1, -0.05) is 48.4 Å². The van der Waals surface area contributed by atoms with Crippen LogP contribution in [0.1, 0.15) is 35.2 Å². The quantitative estimate of drug-likeness (QED) is 0.723. The minimum Gasteiger partial charge on any atom is -0.457 e. The monoisotopic (exact) mass is 393 g/mol. The predicted molar refractivity (Wildman–Crippen MR) is 99.6 cm³/mol. The van der Waals surface area contributed by atoms with Gasteiger partial charge in [0.1, 0.15) is 6.61 Å². The lowest BCUT2D eigenvalue weighted by atomic mass is 10.2. The molecule has 5 nitrogen and oxygen atoms in total.